The molecule has 0 saturated carbocycles. The van der Waals surface area contributed by atoms with Crippen molar-refractivity contribution in [1.82, 2.24) is 0 Å². The Morgan fingerprint density at radius 3 is 2.39 bits per heavy atom. The molecule has 0 heterocycles. The van der Waals surface area contributed by atoms with Gasteiger partial charge in [-0.3, -0.25) is 9.59 Å². The van der Waals surface area contributed by atoms with E-state index in [2.05, 4.69) is 10.6 Å². The maximum absolute atomic E-state index is 12.5. The maximum Gasteiger partial charge on any atom is 0.266 e. The molecule has 2 amide bonds. The minimum atomic E-state index is -0.514. The Morgan fingerprint density at radius 2 is 1.70 bits per heavy atom. The number of ether oxygens (including phenoxy) is 2. The van der Waals surface area contributed by atoms with Gasteiger partial charge in [0.1, 0.15) is 11.6 Å². The van der Waals surface area contributed by atoms with Crippen molar-refractivity contribution in [1.29, 1.82) is 5.26 Å². The van der Waals surface area contributed by atoms with Crippen LogP contribution in [-0.2, 0) is 9.59 Å². The standard InChI is InChI=1S/C26H23N3O4/c1-18-7-6-10-22(13-18)29-26(31)20(16-27)14-19-11-12-23(24(15-19)32-2)33-17-25(30)28-21-8-4-3-5-9-21/h3-15H,17H2,1-2H3,(H,28,30)(H,29,31)/b20-14+. The van der Waals surface area contributed by atoms with Crippen LogP contribution < -0.4 is 20.1 Å². The quantitative estimate of drug-likeness (QED) is 0.394. The second-order valence-electron chi connectivity index (χ2n) is 7.11. The normalized spacial score (nSPS) is 10.6. The highest BCUT2D eigenvalue weighted by atomic mass is 16.5. The molecule has 0 saturated heterocycles. The van der Waals surface area contributed by atoms with Gasteiger partial charge in [-0.05, 0) is 60.5 Å². The Balaban J connectivity index is 1.68. The van der Waals surface area contributed by atoms with Crippen molar-refractivity contribution in [3.05, 3.63) is 89.5 Å². The smallest absolute Gasteiger partial charge is 0.266 e. The second-order valence-corrected chi connectivity index (χ2v) is 7.11. The van der Waals surface area contributed by atoms with E-state index in [-0.39, 0.29) is 18.1 Å². The van der Waals surface area contributed by atoms with E-state index >= 15 is 0 Å². The van der Waals surface area contributed by atoms with Crippen LogP contribution in [0.25, 0.3) is 6.08 Å². The number of carbonyl (C=O) groups is 2. The highest BCUT2D eigenvalue weighted by Crippen LogP contribution is 2.29. The fourth-order valence-electron chi connectivity index (χ4n) is 2.99. The third-order valence-corrected chi connectivity index (χ3v) is 4.56. The summed E-state index contributed by atoms with van der Waals surface area (Å²) < 4.78 is 10.9. The van der Waals surface area contributed by atoms with Crippen LogP contribution in [0.1, 0.15) is 11.1 Å². The highest BCUT2D eigenvalue weighted by Gasteiger charge is 2.12. The van der Waals surface area contributed by atoms with E-state index in [1.807, 2.05) is 49.4 Å². The van der Waals surface area contributed by atoms with Crippen LogP contribution in [-0.4, -0.2) is 25.5 Å². The van der Waals surface area contributed by atoms with Gasteiger partial charge in [0.2, 0.25) is 0 Å². The van der Waals surface area contributed by atoms with E-state index in [9.17, 15) is 14.9 Å². The van der Waals surface area contributed by atoms with E-state index < -0.39 is 5.91 Å². The molecule has 0 spiro atoms. The summed E-state index contributed by atoms with van der Waals surface area (Å²) in [7, 11) is 1.47. The molecule has 3 aromatic carbocycles. The lowest BCUT2D eigenvalue weighted by Crippen LogP contribution is -2.20. The first-order valence-electron chi connectivity index (χ1n) is 10.1. The molecular weight excluding hydrogens is 418 g/mol. The molecule has 2 N–H and O–H groups in total. The van der Waals surface area contributed by atoms with Gasteiger partial charge in [0, 0.05) is 11.4 Å². The molecule has 0 radical (unpaired) electrons. The molecular formula is C26H23N3O4. The molecule has 0 fully saturated rings. The van der Waals surface area contributed by atoms with Crippen molar-refractivity contribution < 1.29 is 19.1 Å². The number of methoxy groups -OCH3 is 1. The topological polar surface area (TPSA) is 100 Å². The molecule has 0 bridgehead atoms. The van der Waals surface area contributed by atoms with Crippen molar-refractivity contribution in [2.45, 2.75) is 6.92 Å². The molecule has 7 heteroatoms. The Labute approximate surface area is 192 Å². The lowest BCUT2D eigenvalue weighted by atomic mass is 10.1. The van der Waals surface area contributed by atoms with Crippen LogP contribution in [0.3, 0.4) is 0 Å². The first-order chi connectivity index (χ1) is 16.0. The van der Waals surface area contributed by atoms with Gasteiger partial charge >= 0.3 is 0 Å². The molecule has 3 aromatic rings. The summed E-state index contributed by atoms with van der Waals surface area (Å²) in [5.41, 5.74) is 2.79. The van der Waals surface area contributed by atoms with Gasteiger partial charge in [-0.25, -0.2) is 0 Å². The Morgan fingerprint density at radius 1 is 0.939 bits per heavy atom. The SMILES string of the molecule is COc1cc(/C=C(\C#N)C(=O)Nc2cccc(C)c2)ccc1OCC(=O)Nc1ccccc1. The third kappa shape index (κ3) is 6.71. The molecule has 3 rings (SSSR count). The fraction of sp³-hybridized carbons (Fsp3) is 0.115. The number of anilines is 2. The third-order valence-electron chi connectivity index (χ3n) is 4.56. The summed E-state index contributed by atoms with van der Waals surface area (Å²) >= 11 is 0. The lowest BCUT2D eigenvalue weighted by molar-refractivity contribution is -0.118. The first-order valence-corrected chi connectivity index (χ1v) is 10.1. The van der Waals surface area contributed by atoms with Crippen molar-refractivity contribution in [3.63, 3.8) is 0 Å². The van der Waals surface area contributed by atoms with Crippen molar-refractivity contribution in [2.75, 3.05) is 24.4 Å². The molecule has 7 nitrogen and oxygen atoms in total. The number of nitrogens with one attached hydrogen (secondary N) is 2. The molecule has 0 aliphatic rings. The van der Waals surface area contributed by atoms with Crippen molar-refractivity contribution in [2.24, 2.45) is 0 Å². The maximum atomic E-state index is 12.5. The largest absolute Gasteiger partial charge is 0.493 e. The van der Waals surface area contributed by atoms with Gasteiger partial charge in [-0.1, -0.05) is 36.4 Å². The number of hydrogen-bond acceptors (Lipinski definition) is 5. The van der Waals surface area contributed by atoms with Crippen LogP contribution >= 0.6 is 0 Å². The lowest BCUT2D eigenvalue weighted by Gasteiger charge is -2.12. The molecule has 0 aliphatic carbocycles. The van der Waals surface area contributed by atoms with Crippen molar-refractivity contribution >= 4 is 29.3 Å². The number of para-hydroxylation sites is 1. The zero-order valence-electron chi connectivity index (χ0n) is 18.3. The summed E-state index contributed by atoms with van der Waals surface area (Å²) in [4.78, 5) is 24.6. The minimum absolute atomic E-state index is 0.0607. The van der Waals surface area contributed by atoms with E-state index in [4.69, 9.17) is 9.47 Å². The molecule has 0 aromatic heterocycles. The number of rotatable bonds is 8. The van der Waals surface area contributed by atoms with Crippen LogP contribution in [0.2, 0.25) is 0 Å². The monoisotopic (exact) mass is 441 g/mol. The number of hydrogen-bond donors (Lipinski definition) is 2. The molecule has 0 atom stereocenters. The number of carbonyl (C=O) groups excluding carboxylic acids is 2. The zero-order chi connectivity index (χ0) is 23.6. The molecule has 166 valence electrons. The van der Waals surface area contributed by atoms with E-state index in [1.54, 1.807) is 36.4 Å². The van der Waals surface area contributed by atoms with Gasteiger partial charge in [0.15, 0.2) is 18.1 Å². The van der Waals surface area contributed by atoms with Crippen LogP contribution in [0.15, 0.2) is 78.4 Å². The Hall–Kier alpha value is -4.57. The van der Waals surface area contributed by atoms with E-state index in [1.165, 1.54) is 13.2 Å². The Kier molecular flexibility index (Phi) is 7.81. The van der Waals surface area contributed by atoms with Gasteiger partial charge in [0.05, 0.1) is 7.11 Å². The summed E-state index contributed by atoms with van der Waals surface area (Å²) in [5, 5.41) is 14.9. The minimum Gasteiger partial charge on any atom is -0.493 e. The summed E-state index contributed by atoms with van der Waals surface area (Å²) in [5.74, 6) is -0.0972. The zero-order valence-corrected chi connectivity index (χ0v) is 18.3. The van der Waals surface area contributed by atoms with Crippen LogP contribution in [0, 0.1) is 18.3 Å². The summed E-state index contributed by atoms with van der Waals surface area (Å²) in [6.45, 7) is 1.71. The number of benzene rings is 3. The summed E-state index contributed by atoms with van der Waals surface area (Å²) in [6.07, 6.45) is 1.46. The average molecular weight is 441 g/mol. The predicted molar refractivity (Wildman–Crippen MR) is 127 cm³/mol. The Bertz CT molecular complexity index is 1210. The molecule has 33 heavy (non-hydrogen) atoms. The van der Waals surface area contributed by atoms with Crippen molar-refractivity contribution in [3.8, 4) is 17.6 Å². The van der Waals surface area contributed by atoms with Gasteiger partial charge in [0.25, 0.3) is 11.8 Å². The van der Waals surface area contributed by atoms with Gasteiger partial charge < -0.3 is 20.1 Å². The fourth-order valence-corrected chi connectivity index (χ4v) is 2.99. The average Bonchev–Trinajstić information content (AvgIpc) is 2.82. The number of nitrogens with zero attached hydrogens (tertiary/aromatic N) is 1. The molecule has 0 aliphatic heterocycles. The van der Waals surface area contributed by atoms with E-state index in [0.29, 0.717) is 28.4 Å². The number of aryl methyl sites for hydroxylation is 1. The van der Waals surface area contributed by atoms with Crippen LogP contribution in [0.4, 0.5) is 11.4 Å². The van der Waals surface area contributed by atoms with Crippen LogP contribution in [0.5, 0.6) is 11.5 Å². The first kappa shape index (κ1) is 23.1. The van der Waals surface area contributed by atoms with E-state index in [0.717, 1.165) is 5.56 Å². The second kappa shape index (κ2) is 11.2. The summed E-state index contributed by atoms with van der Waals surface area (Å²) in [6, 6.07) is 23.2. The van der Waals surface area contributed by atoms with Gasteiger partial charge in [-0.15, -0.1) is 0 Å². The number of nitriles is 1. The predicted octanol–water partition coefficient (Wildman–Crippen LogP) is 4.57. The van der Waals surface area contributed by atoms with Gasteiger partial charge in [-0.2, -0.15) is 5.26 Å². The highest BCUT2D eigenvalue weighted by molar-refractivity contribution is 6.09. The molecule has 0 unspecified atom stereocenters. The number of amides is 2.